The van der Waals surface area contributed by atoms with Crippen LogP contribution in [0.2, 0.25) is 0 Å². The third kappa shape index (κ3) is 6.69. The van der Waals surface area contributed by atoms with Gasteiger partial charge < -0.3 is 5.32 Å². The van der Waals surface area contributed by atoms with Gasteiger partial charge in [0.1, 0.15) is 0 Å². The van der Waals surface area contributed by atoms with E-state index >= 15 is 0 Å². The van der Waals surface area contributed by atoms with Gasteiger partial charge in [-0.15, -0.1) is 11.8 Å². The van der Waals surface area contributed by atoms with Crippen molar-refractivity contribution in [3.05, 3.63) is 65.6 Å². The van der Waals surface area contributed by atoms with Gasteiger partial charge in [0.05, 0.1) is 11.8 Å². The summed E-state index contributed by atoms with van der Waals surface area (Å²) in [5, 5.41) is 12.9. The lowest BCUT2D eigenvalue weighted by Gasteiger charge is -2.29. The highest BCUT2D eigenvalue weighted by Crippen LogP contribution is 2.29. The number of carbonyl (C=O) groups excluding carboxylic acids is 1. The maximum Gasteiger partial charge on any atom is 0.236 e. The van der Waals surface area contributed by atoms with Crippen molar-refractivity contribution in [3.8, 4) is 6.07 Å². The normalized spacial score (nSPS) is 15.6. The van der Waals surface area contributed by atoms with E-state index < -0.39 is 10.0 Å². The fourth-order valence-corrected chi connectivity index (χ4v) is 5.41. The Balaban J connectivity index is 1.55. The van der Waals surface area contributed by atoms with Crippen molar-refractivity contribution in [2.45, 2.75) is 24.2 Å². The summed E-state index contributed by atoms with van der Waals surface area (Å²) in [6.45, 7) is 0.635. The van der Waals surface area contributed by atoms with Crippen molar-refractivity contribution in [1.29, 1.82) is 5.26 Å². The van der Waals surface area contributed by atoms with E-state index in [9.17, 15) is 13.2 Å². The molecule has 3 rings (SSSR count). The Kier molecular flexibility index (Phi) is 8.29. The van der Waals surface area contributed by atoms with Gasteiger partial charge in [0, 0.05) is 41.5 Å². The maximum absolute atomic E-state index is 12.8. The van der Waals surface area contributed by atoms with Crippen LogP contribution in [0.15, 0.2) is 64.9 Å². The number of piperidine rings is 1. The summed E-state index contributed by atoms with van der Waals surface area (Å²) >= 11 is 1.54. The van der Waals surface area contributed by atoms with Crippen molar-refractivity contribution in [3.63, 3.8) is 0 Å². The van der Waals surface area contributed by atoms with Crippen molar-refractivity contribution >= 4 is 39.5 Å². The number of nitriles is 1. The van der Waals surface area contributed by atoms with Gasteiger partial charge in [-0.1, -0.05) is 42.5 Å². The first-order valence-electron chi connectivity index (χ1n) is 10.1. The Hall–Kier alpha value is -2.60. The molecule has 0 saturated carbocycles. The summed E-state index contributed by atoms with van der Waals surface area (Å²) < 4.78 is 26.7. The minimum Gasteiger partial charge on any atom is -0.325 e. The van der Waals surface area contributed by atoms with E-state index in [1.165, 1.54) is 21.5 Å². The molecule has 8 heteroatoms. The van der Waals surface area contributed by atoms with Gasteiger partial charge in [0.2, 0.25) is 15.9 Å². The van der Waals surface area contributed by atoms with Crippen LogP contribution in [0.25, 0.3) is 6.08 Å². The van der Waals surface area contributed by atoms with E-state index in [1.807, 2.05) is 54.6 Å². The first-order valence-corrected chi connectivity index (χ1v) is 12.6. The lowest BCUT2D eigenvalue weighted by Crippen LogP contribution is -2.40. The Morgan fingerprint density at radius 2 is 1.81 bits per heavy atom. The molecule has 31 heavy (non-hydrogen) atoms. The lowest BCUT2D eigenvalue weighted by molar-refractivity contribution is -0.120. The third-order valence-corrected chi connectivity index (χ3v) is 7.67. The number of rotatable bonds is 8. The van der Waals surface area contributed by atoms with Gasteiger partial charge in [-0.05, 0) is 36.6 Å². The Morgan fingerprint density at radius 3 is 2.52 bits per heavy atom. The number of thioether (sulfide) groups is 1. The molecule has 0 unspecified atom stereocenters. The molecule has 1 fully saturated rings. The third-order valence-electron chi connectivity index (χ3n) is 5.03. The molecule has 1 saturated heterocycles. The van der Waals surface area contributed by atoms with E-state index in [4.69, 9.17) is 5.26 Å². The Morgan fingerprint density at radius 1 is 1.13 bits per heavy atom. The van der Waals surface area contributed by atoms with Crippen LogP contribution in [-0.4, -0.2) is 37.5 Å². The SMILES string of the molecule is N#CCCSc1ccccc1NC(=O)C1CCN(S(=O)(=O)C=Cc2ccccc2)CC1. The number of sulfonamides is 1. The molecule has 0 radical (unpaired) electrons. The summed E-state index contributed by atoms with van der Waals surface area (Å²) in [7, 11) is -3.52. The largest absolute Gasteiger partial charge is 0.325 e. The number of amides is 1. The van der Waals surface area contributed by atoms with Crippen LogP contribution in [0, 0.1) is 17.2 Å². The first kappa shape index (κ1) is 23.1. The number of nitrogens with one attached hydrogen (secondary N) is 1. The first-order chi connectivity index (χ1) is 15.0. The molecule has 1 aliphatic heterocycles. The predicted molar refractivity (Wildman–Crippen MR) is 125 cm³/mol. The molecule has 2 aromatic rings. The minimum atomic E-state index is -3.52. The van der Waals surface area contributed by atoms with Gasteiger partial charge in [-0.3, -0.25) is 4.79 Å². The topological polar surface area (TPSA) is 90.3 Å². The van der Waals surface area contributed by atoms with E-state index in [-0.39, 0.29) is 11.8 Å². The molecule has 0 atom stereocenters. The van der Waals surface area contributed by atoms with E-state index in [2.05, 4.69) is 11.4 Å². The minimum absolute atomic E-state index is 0.0924. The quantitative estimate of drug-likeness (QED) is 0.472. The summed E-state index contributed by atoms with van der Waals surface area (Å²) in [5.74, 6) is 0.336. The molecule has 1 N–H and O–H groups in total. The van der Waals surface area contributed by atoms with Crippen LogP contribution in [0.1, 0.15) is 24.8 Å². The molecule has 1 amide bonds. The molecule has 0 spiro atoms. The van der Waals surface area contributed by atoms with Gasteiger partial charge in [0.15, 0.2) is 0 Å². The molecule has 1 heterocycles. The number of nitrogens with zero attached hydrogens (tertiary/aromatic N) is 2. The number of hydrogen-bond donors (Lipinski definition) is 1. The Labute approximate surface area is 188 Å². The van der Waals surface area contributed by atoms with E-state index in [1.54, 1.807) is 6.08 Å². The summed E-state index contributed by atoms with van der Waals surface area (Å²) in [6, 6.07) is 18.9. The molecule has 1 aliphatic rings. The Bertz CT molecular complexity index is 1050. The van der Waals surface area contributed by atoms with Crippen LogP contribution in [0.5, 0.6) is 0 Å². The second kappa shape index (κ2) is 11.1. The predicted octanol–water partition coefficient (Wildman–Crippen LogP) is 4.34. The fraction of sp³-hybridized carbons (Fsp3) is 0.304. The monoisotopic (exact) mass is 455 g/mol. The van der Waals surface area contributed by atoms with Crippen LogP contribution in [-0.2, 0) is 14.8 Å². The molecule has 2 aromatic carbocycles. The van der Waals surface area contributed by atoms with Gasteiger partial charge in [0.25, 0.3) is 0 Å². The van der Waals surface area contributed by atoms with Gasteiger partial charge in [-0.25, -0.2) is 8.42 Å². The number of hydrogen-bond acceptors (Lipinski definition) is 5. The van der Waals surface area contributed by atoms with E-state index in [0.29, 0.717) is 38.1 Å². The van der Waals surface area contributed by atoms with Crippen molar-refractivity contribution in [2.24, 2.45) is 5.92 Å². The second-order valence-electron chi connectivity index (χ2n) is 7.17. The maximum atomic E-state index is 12.8. The highest BCUT2D eigenvalue weighted by Gasteiger charge is 2.30. The lowest BCUT2D eigenvalue weighted by atomic mass is 9.97. The zero-order chi connectivity index (χ0) is 22.1. The molecule has 6 nitrogen and oxygen atoms in total. The van der Waals surface area contributed by atoms with Crippen LogP contribution < -0.4 is 5.32 Å². The standard InChI is InChI=1S/C23H25N3O3S2/c24-14-6-17-30-22-10-5-4-9-21(22)25-23(27)20-11-15-26(16-12-20)31(28,29)18-13-19-7-2-1-3-8-19/h1-5,7-10,13,18,20H,6,11-12,15-17H2,(H,25,27). The van der Waals surface area contributed by atoms with Gasteiger partial charge in [-0.2, -0.15) is 9.57 Å². The van der Waals surface area contributed by atoms with Crippen LogP contribution in [0.4, 0.5) is 5.69 Å². The average Bonchev–Trinajstić information content (AvgIpc) is 2.80. The highest BCUT2D eigenvalue weighted by molar-refractivity contribution is 7.99. The highest BCUT2D eigenvalue weighted by atomic mass is 32.2. The van der Waals surface area contributed by atoms with Crippen molar-refractivity contribution in [2.75, 3.05) is 24.2 Å². The van der Waals surface area contributed by atoms with E-state index in [0.717, 1.165) is 16.1 Å². The molecule has 0 bridgehead atoms. The number of anilines is 1. The zero-order valence-electron chi connectivity index (χ0n) is 17.1. The summed E-state index contributed by atoms with van der Waals surface area (Å²) in [4.78, 5) is 13.7. The average molecular weight is 456 g/mol. The molecular weight excluding hydrogens is 430 g/mol. The molecular formula is C23H25N3O3S2. The van der Waals surface area contributed by atoms with Crippen molar-refractivity contribution < 1.29 is 13.2 Å². The number of benzene rings is 2. The molecule has 0 aliphatic carbocycles. The van der Waals surface area contributed by atoms with Gasteiger partial charge >= 0.3 is 0 Å². The zero-order valence-corrected chi connectivity index (χ0v) is 18.7. The van der Waals surface area contributed by atoms with Crippen molar-refractivity contribution in [1.82, 2.24) is 4.31 Å². The smallest absolute Gasteiger partial charge is 0.236 e. The molecule has 0 aromatic heterocycles. The summed E-state index contributed by atoms with van der Waals surface area (Å²) in [6.07, 6.45) is 3.00. The molecule has 162 valence electrons. The van der Waals surface area contributed by atoms with Crippen LogP contribution in [0.3, 0.4) is 0 Å². The number of carbonyl (C=O) groups is 1. The van der Waals surface area contributed by atoms with Crippen LogP contribution >= 0.6 is 11.8 Å². The number of para-hydroxylation sites is 1. The summed E-state index contributed by atoms with van der Waals surface area (Å²) in [5.41, 5.74) is 1.56. The second-order valence-corrected chi connectivity index (χ2v) is 10.1. The fourth-order valence-electron chi connectivity index (χ4n) is 3.32.